The molecular weight excluding hydrogens is 288 g/mol. The zero-order valence-corrected chi connectivity index (χ0v) is 13.6. The summed E-state index contributed by atoms with van der Waals surface area (Å²) >= 11 is 0. The fourth-order valence-electron chi connectivity index (χ4n) is 3.57. The van der Waals surface area contributed by atoms with Crippen LogP contribution in [0.15, 0.2) is 30.5 Å². The number of para-hydroxylation sites is 1. The molecule has 1 saturated carbocycles. The number of carbonyl (C=O) groups is 1. The lowest BCUT2D eigenvalue weighted by Gasteiger charge is -2.27. The molecule has 4 nitrogen and oxygen atoms in total. The second-order valence-corrected chi connectivity index (χ2v) is 6.68. The van der Waals surface area contributed by atoms with Gasteiger partial charge in [0.15, 0.2) is 0 Å². The molecule has 1 aliphatic carbocycles. The highest BCUT2D eigenvalue weighted by molar-refractivity contribution is 5.83. The summed E-state index contributed by atoms with van der Waals surface area (Å²) in [7, 11) is 0. The van der Waals surface area contributed by atoms with Gasteiger partial charge in [-0.1, -0.05) is 18.2 Å². The molecule has 3 N–H and O–H groups in total. The summed E-state index contributed by atoms with van der Waals surface area (Å²) in [6.07, 6.45) is 8.49. The number of hydrogen-bond donors (Lipinski definition) is 3. The van der Waals surface area contributed by atoms with E-state index in [4.69, 9.17) is 5.11 Å². The van der Waals surface area contributed by atoms with E-state index in [-0.39, 0.29) is 12.5 Å². The first kappa shape index (κ1) is 16.1. The predicted octanol–water partition coefficient (Wildman–Crippen LogP) is 3.16. The van der Waals surface area contributed by atoms with E-state index >= 15 is 0 Å². The van der Waals surface area contributed by atoms with Gasteiger partial charge in [0, 0.05) is 36.2 Å². The molecule has 23 heavy (non-hydrogen) atoms. The zero-order valence-electron chi connectivity index (χ0n) is 13.6. The average molecular weight is 314 g/mol. The minimum Gasteiger partial charge on any atom is -0.396 e. The maximum atomic E-state index is 12.1. The fourth-order valence-corrected chi connectivity index (χ4v) is 3.57. The van der Waals surface area contributed by atoms with Crippen LogP contribution in [0.5, 0.6) is 0 Å². The standard InChI is InChI=1S/C19H26N2O2/c22-13-14-8-10-16(11-9-14)21-19(23)7-3-4-15-12-20-18-6-2-1-5-17(15)18/h1-2,5-6,12,14,16,20,22H,3-4,7-11,13H2,(H,21,23). The first-order valence-electron chi connectivity index (χ1n) is 8.71. The molecule has 0 saturated heterocycles. The molecule has 0 spiro atoms. The maximum Gasteiger partial charge on any atom is 0.220 e. The number of amides is 1. The van der Waals surface area contributed by atoms with Crippen LogP contribution < -0.4 is 5.32 Å². The monoisotopic (exact) mass is 314 g/mol. The number of aliphatic hydroxyl groups is 1. The van der Waals surface area contributed by atoms with Crippen molar-refractivity contribution >= 4 is 16.8 Å². The number of aromatic nitrogens is 1. The highest BCUT2D eigenvalue weighted by Crippen LogP contribution is 2.24. The van der Waals surface area contributed by atoms with Gasteiger partial charge in [-0.2, -0.15) is 0 Å². The topological polar surface area (TPSA) is 65.1 Å². The van der Waals surface area contributed by atoms with E-state index in [0.29, 0.717) is 18.4 Å². The lowest BCUT2D eigenvalue weighted by atomic mass is 9.86. The zero-order chi connectivity index (χ0) is 16.1. The van der Waals surface area contributed by atoms with Gasteiger partial charge in [-0.25, -0.2) is 0 Å². The summed E-state index contributed by atoms with van der Waals surface area (Å²) in [5, 5.41) is 13.6. The molecule has 1 fully saturated rings. The fraction of sp³-hybridized carbons (Fsp3) is 0.526. The van der Waals surface area contributed by atoms with Crippen molar-refractivity contribution < 1.29 is 9.90 Å². The molecule has 0 bridgehead atoms. The van der Waals surface area contributed by atoms with Gasteiger partial charge < -0.3 is 15.4 Å². The van der Waals surface area contributed by atoms with E-state index in [1.807, 2.05) is 6.07 Å². The Morgan fingerprint density at radius 2 is 2.00 bits per heavy atom. The Hall–Kier alpha value is -1.81. The smallest absolute Gasteiger partial charge is 0.220 e. The summed E-state index contributed by atoms with van der Waals surface area (Å²) in [6, 6.07) is 8.59. The Labute approximate surface area is 137 Å². The number of H-pyrrole nitrogens is 1. The number of aliphatic hydroxyl groups excluding tert-OH is 1. The summed E-state index contributed by atoms with van der Waals surface area (Å²) in [5.74, 6) is 0.599. The van der Waals surface area contributed by atoms with Gasteiger partial charge in [-0.3, -0.25) is 4.79 Å². The number of carbonyl (C=O) groups excluding carboxylic acids is 1. The largest absolute Gasteiger partial charge is 0.396 e. The highest BCUT2D eigenvalue weighted by Gasteiger charge is 2.21. The highest BCUT2D eigenvalue weighted by atomic mass is 16.3. The van der Waals surface area contributed by atoms with Crippen LogP contribution in [0.3, 0.4) is 0 Å². The number of rotatable bonds is 6. The van der Waals surface area contributed by atoms with Crippen LogP contribution in [0.4, 0.5) is 0 Å². The quantitative estimate of drug-likeness (QED) is 0.767. The third kappa shape index (κ3) is 4.14. The second kappa shape index (κ2) is 7.64. The first-order chi connectivity index (χ1) is 11.3. The van der Waals surface area contributed by atoms with Crippen LogP contribution in [0.25, 0.3) is 10.9 Å². The van der Waals surface area contributed by atoms with Crippen LogP contribution in [-0.4, -0.2) is 28.6 Å². The average Bonchev–Trinajstić information content (AvgIpc) is 2.99. The van der Waals surface area contributed by atoms with Gasteiger partial charge in [0.2, 0.25) is 5.91 Å². The molecule has 3 rings (SSSR count). The Kier molecular flexibility index (Phi) is 5.34. The van der Waals surface area contributed by atoms with Gasteiger partial charge in [-0.15, -0.1) is 0 Å². The molecule has 1 aromatic carbocycles. The molecule has 124 valence electrons. The summed E-state index contributed by atoms with van der Waals surface area (Å²) in [6.45, 7) is 0.283. The van der Waals surface area contributed by atoms with Crippen molar-refractivity contribution in [2.45, 2.75) is 51.0 Å². The Bertz CT molecular complexity index is 642. The minimum atomic E-state index is 0.164. The Morgan fingerprint density at radius 3 is 2.78 bits per heavy atom. The molecule has 4 heteroatoms. The van der Waals surface area contributed by atoms with E-state index < -0.39 is 0 Å². The number of benzene rings is 1. The van der Waals surface area contributed by atoms with Crippen LogP contribution in [0, 0.1) is 5.92 Å². The van der Waals surface area contributed by atoms with Gasteiger partial charge in [0.25, 0.3) is 0 Å². The summed E-state index contributed by atoms with van der Waals surface area (Å²) in [5.41, 5.74) is 2.45. The molecule has 0 atom stereocenters. The van der Waals surface area contributed by atoms with Gasteiger partial charge in [0.05, 0.1) is 0 Å². The second-order valence-electron chi connectivity index (χ2n) is 6.68. The molecular formula is C19H26N2O2. The first-order valence-corrected chi connectivity index (χ1v) is 8.71. The number of fused-ring (bicyclic) bond motifs is 1. The van der Waals surface area contributed by atoms with E-state index in [1.165, 1.54) is 10.9 Å². The Balaban J connectivity index is 1.41. The van der Waals surface area contributed by atoms with E-state index in [9.17, 15) is 4.79 Å². The van der Waals surface area contributed by atoms with Crippen molar-refractivity contribution in [3.63, 3.8) is 0 Å². The predicted molar refractivity (Wildman–Crippen MR) is 92.2 cm³/mol. The summed E-state index contributed by atoms with van der Waals surface area (Å²) < 4.78 is 0. The van der Waals surface area contributed by atoms with Crippen molar-refractivity contribution in [1.82, 2.24) is 10.3 Å². The van der Waals surface area contributed by atoms with Crippen LogP contribution in [0.2, 0.25) is 0 Å². The van der Waals surface area contributed by atoms with Crippen molar-refractivity contribution in [2.75, 3.05) is 6.61 Å². The molecule has 1 amide bonds. The van der Waals surface area contributed by atoms with Crippen LogP contribution in [-0.2, 0) is 11.2 Å². The number of aryl methyl sites for hydroxylation is 1. The van der Waals surface area contributed by atoms with Crippen molar-refractivity contribution in [2.24, 2.45) is 5.92 Å². The number of hydrogen-bond acceptors (Lipinski definition) is 2. The normalized spacial score (nSPS) is 21.4. The SMILES string of the molecule is O=C(CCCc1c[nH]c2ccccc12)NC1CCC(CO)CC1. The molecule has 1 aliphatic rings. The molecule has 0 aliphatic heterocycles. The van der Waals surface area contributed by atoms with Crippen molar-refractivity contribution in [1.29, 1.82) is 0 Å². The minimum absolute atomic E-state index is 0.164. The van der Waals surface area contributed by atoms with Gasteiger partial charge in [-0.05, 0) is 56.1 Å². The number of aromatic amines is 1. The van der Waals surface area contributed by atoms with E-state index in [1.54, 1.807) is 0 Å². The molecule has 1 aromatic heterocycles. The third-order valence-electron chi connectivity index (χ3n) is 4.99. The van der Waals surface area contributed by atoms with Gasteiger partial charge in [0.1, 0.15) is 0 Å². The van der Waals surface area contributed by atoms with Crippen LogP contribution >= 0.6 is 0 Å². The molecule has 1 heterocycles. The van der Waals surface area contributed by atoms with Crippen LogP contribution in [0.1, 0.15) is 44.1 Å². The summed E-state index contributed by atoms with van der Waals surface area (Å²) in [4.78, 5) is 15.4. The molecule has 0 radical (unpaired) electrons. The third-order valence-corrected chi connectivity index (χ3v) is 4.99. The number of nitrogens with one attached hydrogen (secondary N) is 2. The van der Waals surface area contributed by atoms with Crippen molar-refractivity contribution in [3.05, 3.63) is 36.0 Å². The van der Waals surface area contributed by atoms with Crippen molar-refractivity contribution in [3.8, 4) is 0 Å². The Morgan fingerprint density at radius 1 is 1.22 bits per heavy atom. The molecule has 2 aromatic rings. The maximum absolute atomic E-state index is 12.1. The lowest BCUT2D eigenvalue weighted by molar-refractivity contribution is -0.122. The van der Waals surface area contributed by atoms with Gasteiger partial charge >= 0.3 is 0 Å². The molecule has 0 unspecified atom stereocenters. The lowest BCUT2D eigenvalue weighted by Crippen LogP contribution is -2.38. The van der Waals surface area contributed by atoms with E-state index in [0.717, 1.165) is 44.0 Å². The van der Waals surface area contributed by atoms with E-state index in [2.05, 4.69) is 34.7 Å².